The van der Waals surface area contributed by atoms with Gasteiger partial charge in [-0.25, -0.2) is 15.0 Å². The van der Waals surface area contributed by atoms with E-state index in [0.29, 0.717) is 17.8 Å². The monoisotopic (exact) mass is 569 g/mol. The van der Waals surface area contributed by atoms with Crippen molar-refractivity contribution < 1.29 is 5.11 Å². The predicted octanol–water partition coefficient (Wildman–Crippen LogP) is 5.87. The van der Waals surface area contributed by atoms with Gasteiger partial charge in [0.05, 0.1) is 28.6 Å². The number of imidazole rings is 1. The van der Waals surface area contributed by atoms with Gasteiger partial charge in [0, 0.05) is 31.7 Å². The maximum absolute atomic E-state index is 11.3. The minimum atomic E-state index is -0.387. The molecule has 8 heteroatoms. The third-order valence-corrected chi connectivity index (χ3v) is 10.7. The molecule has 4 atom stereocenters. The van der Waals surface area contributed by atoms with Gasteiger partial charge in [0.1, 0.15) is 23.6 Å². The number of rotatable bonds is 9. The number of aryl methyl sites for hydroxylation is 1. The molecule has 3 saturated carbocycles. The number of nitrogens with zero attached hydrogens (tertiary/aromatic N) is 5. The highest BCUT2D eigenvalue weighted by molar-refractivity contribution is 5.86. The Bertz CT molecular complexity index is 1560. The molecular formula is C34H47N7O. The molecule has 0 bridgehead atoms. The second-order valence-corrected chi connectivity index (χ2v) is 14.7. The largest absolute Gasteiger partial charge is 0.391 e. The Hall–Kier alpha value is -2.97. The lowest BCUT2D eigenvalue weighted by Crippen LogP contribution is -2.48. The van der Waals surface area contributed by atoms with Crippen molar-refractivity contribution >= 4 is 27.9 Å². The summed E-state index contributed by atoms with van der Waals surface area (Å²) < 4.78 is 2.14. The molecule has 224 valence electrons. The van der Waals surface area contributed by atoms with Crippen molar-refractivity contribution in [1.82, 2.24) is 29.4 Å². The van der Waals surface area contributed by atoms with Crippen LogP contribution >= 0.6 is 0 Å². The molecule has 0 aliphatic heterocycles. The summed E-state index contributed by atoms with van der Waals surface area (Å²) in [6, 6.07) is 9.35. The normalized spacial score (nSPS) is 28.2. The summed E-state index contributed by atoms with van der Waals surface area (Å²) >= 11 is 0. The SMILES string of the molecule is C[C@@H]1[C@@H](CN(CC2CC2)[C@H]2C[C@@H](CCc3nc4cc(C(C)(C)C)ccc4[nH]3)C2)C[C@@H](n2ccc3c(N)ncnc32)[C@@H]1O. The first-order valence-corrected chi connectivity index (χ1v) is 16.1. The molecule has 0 amide bonds. The fourth-order valence-electron chi connectivity index (χ4n) is 7.60. The lowest BCUT2D eigenvalue weighted by atomic mass is 9.76. The third-order valence-electron chi connectivity index (χ3n) is 10.7. The highest BCUT2D eigenvalue weighted by Crippen LogP contribution is 2.44. The molecule has 7 rings (SSSR count). The van der Waals surface area contributed by atoms with Crippen molar-refractivity contribution in [1.29, 1.82) is 0 Å². The van der Waals surface area contributed by atoms with E-state index in [1.54, 1.807) is 0 Å². The first-order chi connectivity index (χ1) is 20.1. The van der Waals surface area contributed by atoms with Crippen molar-refractivity contribution in [2.45, 2.75) is 96.2 Å². The van der Waals surface area contributed by atoms with Crippen LogP contribution in [-0.2, 0) is 11.8 Å². The molecular weight excluding hydrogens is 522 g/mol. The average Bonchev–Trinajstić information content (AvgIpc) is 3.37. The minimum Gasteiger partial charge on any atom is -0.391 e. The zero-order chi connectivity index (χ0) is 29.2. The summed E-state index contributed by atoms with van der Waals surface area (Å²) in [4.78, 5) is 20.0. The van der Waals surface area contributed by atoms with Crippen LogP contribution in [0.25, 0.3) is 22.1 Å². The zero-order valence-corrected chi connectivity index (χ0v) is 25.6. The summed E-state index contributed by atoms with van der Waals surface area (Å²) in [5.41, 5.74) is 10.6. The molecule has 0 unspecified atom stereocenters. The Morgan fingerprint density at radius 2 is 1.88 bits per heavy atom. The van der Waals surface area contributed by atoms with Gasteiger partial charge in [-0.15, -0.1) is 0 Å². The molecule has 0 radical (unpaired) electrons. The van der Waals surface area contributed by atoms with Crippen LogP contribution in [0.3, 0.4) is 0 Å². The number of nitrogens with one attached hydrogen (secondary N) is 1. The minimum absolute atomic E-state index is 0.0250. The first kappa shape index (κ1) is 27.8. The maximum atomic E-state index is 11.3. The lowest BCUT2D eigenvalue weighted by Gasteiger charge is -2.44. The number of aromatic amines is 1. The second kappa shape index (κ2) is 10.6. The van der Waals surface area contributed by atoms with Gasteiger partial charge in [-0.1, -0.05) is 33.8 Å². The van der Waals surface area contributed by atoms with E-state index in [0.717, 1.165) is 59.1 Å². The molecule has 1 aromatic carbocycles. The van der Waals surface area contributed by atoms with E-state index in [4.69, 9.17) is 10.7 Å². The highest BCUT2D eigenvalue weighted by Gasteiger charge is 2.44. The molecule has 8 nitrogen and oxygen atoms in total. The molecule has 4 aromatic rings. The first-order valence-electron chi connectivity index (χ1n) is 16.1. The second-order valence-electron chi connectivity index (χ2n) is 14.7. The van der Waals surface area contributed by atoms with E-state index in [1.807, 2.05) is 12.3 Å². The van der Waals surface area contributed by atoms with Gasteiger partial charge in [0.2, 0.25) is 0 Å². The molecule has 0 spiro atoms. The number of anilines is 1. The van der Waals surface area contributed by atoms with Crippen molar-refractivity contribution in [2.75, 3.05) is 18.8 Å². The van der Waals surface area contributed by atoms with Crippen LogP contribution < -0.4 is 5.73 Å². The number of aromatic nitrogens is 5. The summed E-state index contributed by atoms with van der Waals surface area (Å²) in [5, 5.41) is 12.2. The summed E-state index contributed by atoms with van der Waals surface area (Å²) in [7, 11) is 0. The Balaban J connectivity index is 0.971. The number of hydrogen-bond donors (Lipinski definition) is 3. The molecule has 3 aliphatic rings. The molecule has 0 saturated heterocycles. The molecule has 3 fully saturated rings. The average molecular weight is 570 g/mol. The van der Waals surface area contributed by atoms with Crippen LogP contribution in [0, 0.1) is 23.7 Å². The Morgan fingerprint density at radius 3 is 2.64 bits per heavy atom. The number of H-pyrrole nitrogens is 1. The van der Waals surface area contributed by atoms with Crippen LogP contribution in [0.4, 0.5) is 5.82 Å². The maximum Gasteiger partial charge on any atom is 0.145 e. The Labute approximate surface area is 249 Å². The number of aliphatic hydroxyl groups excluding tert-OH is 1. The number of nitrogen functional groups attached to an aromatic ring is 1. The van der Waals surface area contributed by atoms with Crippen molar-refractivity contribution in [3.05, 3.63) is 48.2 Å². The van der Waals surface area contributed by atoms with E-state index in [-0.39, 0.29) is 23.5 Å². The highest BCUT2D eigenvalue weighted by atomic mass is 16.3. The zero-order valence-electron chi connectivity index (χ0n) is 25.6. The van der Waals surface area contributed by atoms with Gasteiger partial charge in [0.25, 0.3) is 0 Å². The lowest BCUT2D eigenvalue weighted by molar-refractivity contribution is 0.0429. The van der Waals surface area contributed by atoms with Gasteiger partial charge >= 0.3 is 0 Å². The van der Waals surface area contributed by atoms with Gasteiger partial charge in [-0.05, 0) is 91.4 Å². The van der Waals surface area contributed by atoms with Gasteiger partial charge < -0.3 is 20.4 Å². The Kier molecular flexibility index (Phi) is 7.05. The van der Waals surface area contributed by atoms with E-state index in [9.17, 15) is 5.11 Å². The van der Waals surface area contributed by atoms with Crippen LogP contribution in [0.15, 0.2) is 36.8 Å². The fourth-order valence-corrected chi connectivity index (χ4v) is 7.60. The van der Waals surface area contributed by atoms with Crippen molar-refractivity contribution in [2.24, 2.45) is 23.7 Å². The standard InChI is InChI=1S/C34H47N7O/c1-20-23(15-29(31(20)42)41-12-11-26-32(35)36-19-37-33(26)41)18-40(17-21-5-6-21)25-13-22(14-25)7-10-30-38-27-9-8-24(34(2,3)4)16-28(27)39-30/h8-9,11-12,16,19-23,25,29,31,42H,5-7,10,13-15,17-18H2,1-4H3,(H,38,39)(H2,35,36,37)/t20-,22-,23-,25+,29-,31-/m1/s1. The smallest absolute Gasteiger partial charge is 0.145 e. The van der Waals surface area contributed by atoms with E-state index in [2.05, 4.69) is 70.3 Å². The number of benzene rings is 1. The summed E-state index contributed by atoms with van der Waals surface area (Å²) in [6.45, 7) is 11.3. The predicted molar refractivity (Wildman–Crippen MR) is 168 cm³/mol. The number of hydrogen-bond acceptors (Lipinski definition) is 6. The number of fused-ring (bicyclic) bond motifs is 2. The molecule has 42 heavy (non-hydrogen) atoms. The van der Waals surface area contributed by atoms with Gasteiger partial charge in [-0.2, -0.15) is 0 Å². The summed E-state index contributed by atoms with van der Waals surface area (Å²) in [5.74, 6) is 3.97. The molecule has 3 heterocycles. The van der Waals surface area contributed by atoms with Gasteiger partial charge in [-0.3, -0.25) is 4.90 Å². The van der Waals surface area contributed by atoms with Crippen LogP contribution in [0.1, 0.15) is 83.6 Å². The molecule has 4 N–H and O–H groups in total. The molecule has 3 aliphatic carbocycles. The van der Waals surface area contributed by atoms with Gasteiger partial charge in [0.15, 0.2) is 0 Å². The van der Waals surface area contributed by atoms with E-state index < -0.39 is 0 Å². The molecule has 3 aromatic heterocycles. The number of nitrogens with two attached hydrogens (primary N) is 1. The van der Waals surface area contributed by atoms with Crippen molar-refractivity contribution in [3.8, 4) is 0 Å². The number of aliphatic hydroxyl groups is 1. The van der Waals surface area contributed by atoms with Crippen LogP contribution in [0.2, 0.25) is 0 Å². The van der Waals surface area contributed by atoms with Crippen LogP contribution in [-0.4, -0.2) is 59.7 Å². The summed E-state index contributed by atoms with van der Waals surface area (Å²) in [6.07, 6.45) is 11.7. The quantitative estimate of drug-likeness (QED) is 0.233. The van der Waals surface area contributed by atoms with Crippen LogP contribution in [0.5, 0.6) is 0 Å². The third kappa shape index (κ3) is 5.32. The van der Waals surface area contributed by atoms with E-state index >= 15 is 0 Å². The van der Waals surface area contributed by atoms with E-state index in [1.165, 1.54) is 50.5 Å². The Morgan fingerprint density at radius 1 is 1.07 bits per heavy atom. The topological polar surface area (TPSA) is 109 Å². The fraction of sp³-hybridized carbons (Fsp3) is 0.618. The van der Waals surface area contributed by atoms with Crippen molar-refractivity contribution in [3.63, 3.8) is 0 Å².